The maximum atomic E-state index is 13.8. The van der Waals surface area contributed by atoms with Crippen molar-refractivity contribution in [1.29, 1.82) is 5.26 Å². The van der Waals surface area contributed by atoms with E-state index in [0.29, 0.717) is 11.3 Å². The van der Waals surface area contributed by atoms with Gasteiger partial charge in [-0.05, 0) is 18.2 Å². The Morgan fingerprint density at radius 3 is 2.73 bits per heavy atom. The fourth-order valence-corrected chi connectivity index (χ4v) is 2.29. The molecule has 0 saturated heterocycles. The third kappa shape index (κ3) is 3.15. The molecule has 0 unspecified atom stereocenters. The molecule has 0 amide bonds. The highest BCUT2D eigenvalue weighted by atomic mass is 35.5. The molecular weight excluding hydrogens is 309 g/mol. The first-order valence-electron chi connectivity index (χ1n) is 6.26. The molecule has 0 atom stereocenters. The van der Waals surface area contributed by atoms with Crippen LogP contribution in [-0.4, -0.2) is 12.0 Å². The highest BCUT2D eigenvalue weighted by Crippen LogP contribution is 2.27. The zero-order valence-corrected chi connectivity index (χ0v) is 12.3. The Morgan fingerprint density at radius 2 is 2.14 bits per heavy atom. The van der Waals surface area contributed by atoms with Crippen molar-refractivity contribution >= 4 is 23.0 Å². The first-order chi connectivity index (χ1) is 10.4. The molecule has 0 radical (unpaired) electrons. The fourth-order valence-electron chi connectivity index (χ4n) is 2.07. The molecule has 2 rings (SSSR count). The minimum Gasteiger partial charge on any atom is -0.369 e. The number of hydrogen-bond donors (Lipinski definition) is 0. The largest absolute Gasteiger partial charge is 0.369 e. The van der Waals surface area contributed by atoms with Gasteiger partial charge in [0.15, 0.2) is 0 Å². The van der Waals surface area contributed by atoms with E-state index >= 15 is 0 Å². The lowest BCUT2D eigenvalue weighted by Gasteiger charge is -2.21. The normalized spacial score (nSPS) is 10.1. The van der Waals surface area contributed by atoms with E-state index in [1.807, 2.05) is 6.07 Å². The van der Waals surface area contributed by atoms with E-state index in [9.17, 15) is 14.5 Å². The number of non-ortho nitro benzene ring substituents is 1. The van der Waals surface area contributed by atoms with Crippen LogP contribution in [0.15, 0.2) is 36.4 Å². The van der Waals surface area contributed by atoms with E-state index in [1.165, 1.54) is 30.3 Å². The van der Waals surface area contributed by atoms with Crippen LogP contribution in [0.5, 0.6) is 0 Å². The highest BCUT2D eigenvalue weighted by molar-refractivity contribution is 6.31. The van der Waals surface area contributed by atoms with Gasteiger partial charge < -0.3 is 4.90 Å². The van der Waals surface area contributed by atoms with Crippen LogP contribution in [0.1, 0.15) is 11.1 Å². The minimum absolute atomic E-state index is 0.137. The molecule has 0 spiro atoms. The van der Waals surface area contributed by atoms with E-state index in [1.54, 1.807) is 18.0 Å². The van der Waals surface area contributed by atoms with Gasteiger partial charge >= 0.3 is 0 Å². The molecule has 0 aliphatic heterocycles. The molecule has 5 nitrogen and oxygen atoms in total. The van der Waals surface area contributed by atoms with Crippen LogP contribution >= 0.6 is 11.6 Å². The highest BCUT2D eigenvalue weighted by Gasteiger charge is 2.16. The van der Waals surface area contributed by atoms with Crippen LogP contribution in [0, 0.1) is 27.3 Å². The van der Waals surface area contributed by atoms with Gasteiger partial charge in [-0.2, -0.15) is 5.26 Å². The third-order valence-electron chi connectivity index (χ3n) is 3.18. The summed E-state index contributed by atoms with van der Waals surface area (Å²) in [7, 11) is 1.66. The van der Waals surface area contributed by atoms with Crippen molar-refractivity contribution in [3.05, 3.63) is 68.5 Å². The van der Waals surface area contributed by atoms with Crippen LogP contribution in [-0.2, 0) is 6.54 Å². The smallest absolute Gasteiger partial charge is 0.270 e. The monoisotopic (exact) mass is 319 g/mol. The standard InChI is InChI=1S/C15H11ClFN3O2/c1-19(9-12-13(16)3-2-4-14(12)17)15-6-5-11(20(21)22)7-10(15)8-18/h2-7H,9H2,1H3. The third-order valence-corrected chi connectivity index (χ3v) is 3.53. The van der Waals surface area contributed by atoms with Gasteiger partial charge in [-0.15, -0.1) is 0 Å². The predicted molar refractivity (Wildman–Crippen MR) is 81.3 cm³/mol. The molecule has 112 valence electrons. The van der Waals surface area contributed by atoms with Crippen molar-refractivity contribution in [1.82, 2.24) is 0 Å². The summed E-state index contributed by atoms with van der Waals surface area (Å²) < 4.78 is 13.8. The molecule has 7 heteroatoms. The molecule has 22 heavy (non-hydrogen) atoms. The second kappa shape index (κ2) is 6.41. The average Bonchev–Trinajstić information content (AvgIpc) is 2.50. The van der Waals surface area contributed by atoms with Crippen molar-refractivity contribution in [3.8, 4) is 6.07 Å². The number of anilines is 1. The Balaban J connectivity index is 2.36. The molecular formula is C15H11ClFN3O2. The molecule has 0 aromatic heterocycles. The summed E-state index contributed by atoms with van der Waals surface area (Å²) in [5.74, 6) is -0.445. The molecule has 0 aliphatic carbocycles. The van der Waals surface area contributed by atoms with Gasteiger partial charge in [-0.3, -0.25) is 10.1 Å². The van der Waals surface area contributed by atoms with Gasteiger partial charge in [-0.25, -0.2) is 4.39 Å². The van der Waals surface area contributed by atoms with Gasteiger partial charge in [-0.1, -0.05) is 17.7 Å². The molecule has 0 bridgehead atoms. The lowest BCUT2D eigenvalue weighted by atomic mass is 10.1. The average molecular weight is 320 g/mol. The molecule has 0 aliphatic rings. The second-order valence-electron chi connectivity index (χ2n) is 4.63. The van der Waals surface area contributed by atoms with E-state index in [0.717, 1.165) is 0 Å². The first-order valence-corrected chi connectivity index (χ1v) is 6.64. The zero-order valence-electron chi connectivity index (χ0n) is 11.6. The van der Waals surface area contributed by atoms with E-state index in [4.69, 9.17) is 16.9 Å². The number of nitro benzene ring substituents is 1. The zero-order chi connectivity index (χ0) is 16.3. The maximum absolute atomic E-state index is 13.8. The van der Waals surface area contributed by atoms with Gasteiger partial charge in [0.1, 0.15) is 11.9 Å². The summed E-state index contributed by atoms with van der Waals surface area (Å²) in [4.78, 5) is 11.8. The first kappa shape index (κ1) is 15.7. The van der Waals surface area contributed by atoms with Gasteiger partial charge in [0.25, 0.3) is 5.69 Å². The number of halogens is 2. The number of benzene rings is 2. The molecule has 0 fully saturated rings. The molecule has 0 N–H and O–H groups in total. The summed E-state index contributed by atoms with van der Waals surface area (Å²) in [5, 5.41) is 20.2. The summed E-state index contributed by atoms with van der Waals surface area (Å²) in [5.41, 5.74) is 0.739. The number of hydrogen-bond acceptors (Lipinski definition) is 4. The Bertz CT molecular complexity index is 754. The maximum Gasteiger partial charge on any atom is 0.270 e. The topological polar surface area (TPSA) is 70.2 Å². The van der Waals surface area contributed by atoms with E-state index < -0.39 is 10.7 Å². The van der Waals surface area contributed by atoms with Crippen LogP contribution in [0.3, 0.4) is 0 Å². The van der Waals surface area contributed by atoms with E-state index in [-0.39, 0.29) is 22.8 Å². The quantitative estimate of drug-likeness (QED) is 0.633. The Kier molecular flexibility index (Phi) is 4.59. The molecule has 2 aromatic rings. The van der Waals surface area contributed by atoms with Gasteiger partial charge in [0, 0.05) is 36.3 Å². The lowest BCUT2D eigenvalue weighted by molar-refractivity contribution is -0.384. The number of nitriles is 1. The molecule has 2 aromatic carbocycles. The Labute approximate surface area is 131 Å². The predicted octanol–water partition coefficient (Wildman–Crippen LogP) is 3.90. The van der Waals surface area contributed by atoms with Crippen LogP contribution < -0.4 is 4.90 Å². The molecule has 0 heterocycles. The number of rotatable bonds is 4. The van der Waals surface area contributed by atoms with Crippen molar-refractivity contribution in [2.45, 2.75) is 6.54 Å². The van der Waals surface area contributed by atoms with Crippen LogP contribution in [0.25, 0.3) is 0 Å². The lowest BCUT2D eigenvalue weighted by Crippen LogP contribution is -2.18. The molecule has 0 saturated carbocycles. The number of nitrogens with zero attached hydrogens (tertiary/aromatic N) is 3. The summed E-state index contributed by atoms with van der Waals surface area (Å²) in [6.07, 6.45) is 0. The summed E-state index contributed by atoms with van der Waals surface area (Å²) in [6.45, 7) is 0.137. The Morgan fingerprint density at radius 1 is 1.41 bits per heavy atom. The van der Waals surface area contributed by atoms with Gasteiger partial charge in [0.05, 0.1) is 16.2 Å². The Hall–Kier alpha value is -2.65. The van der Waals surface area contributed by atoms with Crippen molar-refractivity contribution < 1.29 is 9.31 Å². The van der Waals surface area contributed by atoms with Crippen molar-refractivity contribution in [2.24, 2.45) is 0 Å². The summed E-state index contributed by atoms with van der Waals surface area (Å²) >= 11 is 5.98. The fraction of sp³-hybridized carbons (Fsp3) is 0.133. The van der Waals surface area contributed by atoms with Crippen molar-refractivity contribution in [2.75, 3.05) is 11.9 Å². The SMILES string of the molecule is CN(Cc1c(F)cccc1Cl)c1ccc([N+](=O)[O-])cc1C#N. The van der Waals surface area contributed by atoms with Gasteiger partial charge in [0.2, 0.25) is 0 Å². The van der Waals surface area contributed by atoms with Crippen LogP contribution in [0.2, 0.25) is 5.02 Å². The van der Waals surface area contributed by atoms with Crippen LogP contribution in [0.4, 0.5) is 15.8 Å². The summed E-state index contributed by atoms with van der Waals surface area (Å²) in [6, 6.07) is 10.3. The van der Waals surface area contributed by atoms with E-state index in [2.05, 4.69) is 0 Å². The second-order valence-corrected chi connectivity index (χ2v) is 5.03. The minimum atomic E-state index is -0.571. The van der Waals surface area contributed by atoms with Crippen molar-refractivity contribution in [3.63, 3.8) is 0 Å². The number of nitro groups is 1.